The number of fused-ring (bicyclic) bond motifs is 1. The summed E-state index contributed by atoms with van der Waals surface area (Å²) in [6.45, 7) is 0.525. The van der Waals surface area contributed by atoms with Crippen LogP contribution in [-0.2, 0) is 6.42 Å². The highest BCUT2D eigenvalue weighted by atomic mass is 19.1. The van der Waals surface area contributed by atoms with Gasteiger partial charge in [0.25, 0.3) is 5.91 Å². The molecule has 0 saturated carbocycles. The zero-order chi connectivity index (χ0) is 20.4. The van der Waals surface area contributed by atoms with E-state index in [2.05, 4.69) is 0 Å². The van der Waals surface area contributed by atoms with Gasteiger partial charge in [0.1, 0.15) is 5.82 Å². The first-order chi connectivity index (χ1) is 14.1. The first-order valence-electron chi connectivity index (χ1n) is 9.48. The summed E-state index contributed by atoms with van der Waals surface area (Å²) >= 11 is 0. The third-order valence-corrected chi connectivity index (χ3v) is 5.32. The van der Waals surface area contributed by atoms with E-state index in [0.29, 0.717) is 30.0 Å². The lowest BCUT2D eigenvalue weighted by molar-refractivity contribution is 0.0693. The van der Waals surface area contributed by atoms with Gasteiger partial charge in [-0.15, -0.1) is 0 Å². The molecule has 1 atom stereocenters. The van der Waals surface area contributed by atoms with Crippen molar-refractivity contribution in [2.75, 3.05) is 20.8 Å². The molecule has 1 heterocycles. The van der Waals surface area contributed by atoms with Gasteiger partial charge in [0.2, 0.25) is 0 Å². The van der Waals surface area contributed by atoms with Gasteiger partial charge in [-0.1, -0.05) is 36.4 Å². The Morgan fingerprint density at radius 2 is 1.69 bits per heavy atom. The molecule has 0 saturated heterocycles. The van der Waals surface area contributed by atoms with E-state index in [1.54, 1.807) is 31.3 Å². The molecule has 3 aromatic rings. The van der Waals surface area contributed by atoms with Crippen LogP contribution in [0, 0.1) is 5.82 Å². The van der Waals surface area contributed by atoms with Crippen LogP contribution in [0.15, 0.2) is 66.7 Å². The number of hydrogen-bond acceptors (Lipinski definition) is 3. The average molecular weight is 391 g/mol. The topological polar surface area (TPSA) is 38.8 Å². The molecule has 3 aromatic carbocycles. The van der Waals surface area contributed by atoms with Gasteiger partial charge in [0, 0.05) is 12.1 Å². The van der Waals surface area contributed by atoms with E-state index < -0.39 is 5.82 Å². The molecule has 1 aliphatic heterocycles. The normalized spacial score (nSPS) is 15.6. The molecule has 1 aliphatic rings. The third-order valence-electron chi connectivity index (χ3n) is 5.32. The van der Waals surface area contributed by atoms with E-state index in [1.165, 1.54) is 12.1 Å². The van der Waals surface area contributed by atoms with Crippen LogP contribution >= 0.6 is 0 Å². The zero-order valence-electron chi connectivity index (χ0n) is 16.4. The summed E-state index contributed by atoms with van der Waals surface area (Å²) in [6, 6.07) is 19.3. The molecule has 0 aliphatic carbocycles. The smallest absolute Gasteiger partial charge is 0.254 e. The Labute approximate surface area is 169 Å². The van der Waals surface area contributed by atoms with Crippen molar-refractivity contribution >= 4 is 5.91 Å². The fourth-order valence-electron chi connectivity index (χ4n) is 3.95. The minimum Gasteiger partial charge on any atom is -0.493 e. The molecule has 4 rings (SSSR count). The van der Waals surface area contributed by atoms with Crippen molar-refractivity contribution < 1.29 is 18.7 Å². The Bertz CT molecular complexity index is 1040. The van der Waals surface area contributed by atoms with Crippen molar-refractivity contribution in [2.45, 2.75) is 12.5 Å². The molecular formula is C24H22FNO3. The third kappa shape index (κ3) is 3.56. The maximum Gasteiger partial charge on any atom is 0.254 e. The molecule has 0 N–H and O–H groups in total. The van der Waals surface area contributed by atoms with Crippen LogP contribution < -0.4 is 9.47 Å². The largest absolute Gasteiger partial charge is 0.493 e. The predicted octanol–water partition coefficient (Wildman–Crippen LogP) is 4.63. The summed E-state index contributed by atoms with van der Waals surface area (Å²) in [5.74, 6) is 0.671. The lowest BCUT2D eigenvalue weighted by Crippen LogP contribution is -2.40. The molecule has 1 amide bonds. The Kier molecular flexibility index (Phi) is 5.21. The second-order valence-corrected chi connectivity index (χ2v) is 6.98. The fraction of sp³-hybridized carbons (Fsp3) is 0.208. The number of hydrogen-bond donors (Lipinski definition) is 0. The van der Waals surface area contributed by atoms with Crippen molar-refractivity contribution in [3.63, 3.8) is 0 Å². The van der Waals surface area contributed by atoms with Crippen LogP contribution in [0.25, 0.3) is 0 Å². The van der Waals surface area contributed by atoms with E-state index in [-0.39, 0.29) is 11.9 Å². The number of amides is 1. The molecule has 0 bridgehead atoms. The zero-order valence-corrected chi connectivity index (χ0v) is 16.4. The monoisotopic (exact) mass is 391 g/mol. The number of rotatable bonds is 4. The van der Waals surface area contributed by atoms with E-state index >= 15 is 0 Å². The fourth-order valence-corrected chi connectivity index (χ4v) is 3.95. The first kappa shape index (κ1) is 19.0. The van der Waals surface area contributed by atoms with Crippen molar-refractivity contribution in [1.82, 2.24) is 4.90 Å². The molecule has 0 fully saturated rings. The maximum atomic E-state index is 13.7. The van der Waals surface area contributed by atoms with Gasteiger partial charge in [0.15, 0.2) is 11.5 Å². The van der Waals surface area contributed by atoms with E-state index in [0.717, 1.165) is 16.7 Å². The van der Waals surface area contributed by atoms with Gasteiger partial charge in [-0.05, 0) is 53.4 Å². The molecule has 5 heteroatoms. The number of methoxy groups -OCH3 is 2. The van der Waals surface area contributed by atoms with Crippen molar-refractivity contribution in [3.05, 3.63) is 94.8 Å². The van der Waals surface area contributed by atoms with E-state index in [9.17, 15) is 9.18 Å². The van der Waals surface area contributed by atoms with Gasteiger partial charge >= 0.3 is 0 Å². The summed E-state index contributed by atoms with van der Waals surface area (Å²) in [5.41, 5.74) is 3.44. The van der Waals surface area contributed by atoms with E-state index in [1.807, 2.05) is 42.5 Å². The molecule has 0 radical (unpaired) electrons. The molecule has 148 valence electrons. The molecule has 0 aromatic heterocycles. The quantitative estimate of drug-likeness (QED) is 0.651. The number of benzene rings is 3. The molecule has 0 unspecified atom stereocenters. The minimum absolute atomic E-state index is 0.196. The molecular weight excluding hydrogens is 369 g/mol. The van der Waals surface area contributed by atoms with Crippen LogP contribution in [0.2, 0.25) is 0 Å². The molecule has 0 spiro atoms. The van der Waals surface area contributed by atoms with Crippen molar-refractivity contribution in [1.29, 1.82) is 0 Å². The highest BCUT2D eigenvalue weighted by molar-refractivity contribution is 5.95. The predicted molar refractivity (Wildman–Crippen MR) is 109 cm³/mol. The Balaban J connectivity index is 1.84. The summed E-state index contributed by atoms with van der Waals surface area (Å²) in [7, 11) is 3.21. The van der Waals surface area contributed by atoms with Gasteiger partial charge in [-0.2, -0.15) is 0 Å². The summed E-state index contributed by atoms with van der Waals surface area (Å²) < 4.78 is 24.7. The van der Waals surface area contributed by atoms with Gasteiger partial charge in [-0.3, -0.25) is 4.79 Å². The summed E-state index contributed by atoms with van der Waals surface area (Å²) in [5, 5.41) is 0. The Morgan fingerprint density at radius 1 is 0.966 bits per heavy atom. The van der Waals surface area contributed by atoms with Crippen LogP contribution in [0.4, 0.5) is 4.39 Å². The number of halogens is 1. The number of carbonyl (C=O) groups excluding carboxylic acids is 1. The average Bonchev–Trinajstić information content (AvgIpc) is 2.77. The van der Waals surface area contributed by atoms with Crippen LogP contribution in [0.5, 0.6) is 11.5 Å². The summed E-state index contributed by atoms with van der Waals surface area (Å²) in [6.07, 6.45) is 0.681. The lowest BCUT2D eigenvalue weighted by atomic mass is 9.87. The summed E-state index contributed by atoms with van der Waals surface area (Å²) in [4.78, 5) is 15.1. The Hall–Kier alpha value is -3.34. The van der Waals surface area contributed by atoms with Crippen molar-refractivity contribution in [2.24, 2.45) is 0 Å². The van der Waals surface area contributed by atoms with Gasteiger partial charge in [0.05, 0.1) is 20.3 Å². The van der Waals surface area contributed by atoms with Crippen LogP contribution in [0.3, 0.4) is 0 Å². The van der Waals surface area contributed by atoms with Gasteiger partial charge in [-0.25, -0.2) is 4.39 Å². The molecule has 29 heavy (non-hydrogen) atoms. The molecule has 4 nitrogen and oxygen atoms in total. The maximum absolute atomic E-state index is 13.7. The number of ether oxygens (including phenoxy) is 2. The second kappa shape index (κ2) is 7.95. The highest BCUT2D eigenvalue weighted by Crippen LogP contribution is 2.41. The van der Waals surface area contributed by atoms with Gasteiger partial charge < -0.3 is 14.4 Å². The SMILES string of the molecule is COc1cc2c(cc1OC)[C@@H](c1ccccc1)N(C(=O)c1cccc(F)c1)CC2. The van der Waals surface area contributed by atoms with E-state index in [4.69, 9.17) is 9.47 Å². The Morgan fingerprint density at radius 3 is 2.38 bits per heavy atom. The van der Waals surface area contributed by atoms with Crippen molar-refractivity contribution in [3.8, 4) is 11.5 Å². The standard InChI is InChI=1S/C24H22FNO3/c1-28-21-14-17-11-12-26(24(27)18-9-6-10-19(25)13-18)23(16-7-4-3-5-8-16)20(17)15-22(21)29-2/h3-10,13-15,23H,11-12H2,1-2H3/t23-/m1/s1. The minimum atomic E-state index is -0.420. The highest BCUT2D eigenvalue weighted by Gasteiger charge is 2.33. The number of nitrogens with zero attached hydrogens (tertiary/aromatic N) is 1. The lowest BCUT2D eigenvalue weighted by Gasteiger charge is -2.38. The van der Waals surface area contributed by atoms with Crippen LogP contribution in [0.1, 0.15) is 33.1 Å². The first-order valence-corrected chi connectivity index (χ1v) is 9.48. The van der Waals surface area contributed by atoms with Crippen LogP contribution in [-0.4, -0.2) is 31.6 Å². The second-order valence-electron chi connectivity index (χ2n) is 6.98. The number of carbonyl (C=O) groups is 1.